The first-order valence-electron chi connectivity index (χ1n) is 8.19. The van der Waals surface area contributed by atoms with Gasteiger partial charge in [-0.15, -0.1) is 0 Å². The smallest absolute Gasteiger partial charge is 0.289 e. The van der Waals surface area contributed by atoms with Crippen LogP contribution in [0.4, 0.5) is 5.82 Å². The van der Waals surface area contributed by atoms with E-state index in [-0.39, 0.29) is 10.6 Å². The zero-order valence-electron chi connectivity index (χ0n) is 13.5. The first kappa shape index (κ1) is 15.7. The Morgan fingerprint density at radius 3 is 2.76 bits per heavy atom. The summed E-state index contributed by atoms with van der Waals surface area (Å²) < 4.78 is 6.82. The summed E-state index contributed by atoms with van der Waals surface area (Å²) in [5, 5.41) is 13.0. The fourth-order valence-corrected chi connectivity index (χ4v) is 3.97. The molecule has 0 saturated heterocycles. The minimum atomic E-state index is -0.432. The summed E-state index contributed by atoms with van der Waals surface area (Å²) in [5.41, 5.74) is 9.17. The van der Waals surface area contributed by atoms with E-state index < -0.39 is 11.2 Å². The molecule has 0 amide bonds. The van der Waals surface area contributed by atoms with Crippen LogP contribution in [-0.4, -0.2) is 15.3 Å². The van der Waals surface area contributed by atoms with E-state index in [1.54, 1.807) is 12.1 Å². The van der Waals surface area contributed by atoms with Crippen LogP contribution in [0.2, 0.25) is 0 Å². The highest BCUT2D eigenvalue weighted by atomic mass is 32.1. The Hall–Kier alpha value is -2.79. The number of aromatic nitrogens is 1. The van der Waals surface area contributed by atoms with Crippen LogP contribution in [0.1, 0.15) is 43.2 Å². The predicted molar refractivity (Wildman–Crippen MR) is 97.8 cm³/mol. The van der Waals surface area contributed by atoms with Gasteiger partial charge in [-0.3, -0.25) is 10.2 Å². The number of nitrogens with two attached hydrogens (primary N) is 1. The molecule has 8 heteroatoms. The zero-order valence-corrected chi connectivity index (χ0v) is 14.3. The van der Waals surface area contributed by atoms with Crippen molar-refractivity contribution in [3.63, 3.8) is 0 Å². The minimum Gasteiger partial charge on any atom is -0.464 e. The topological polar surface area (TPSA) is 109 Å². The van der Waals surface area contributed by atoms with Crippen LogP contribution >= 0.6 is 12.2 Å². The average molecular weight is 355 g/mol. The monoisotopic (exact) mass is 355 g/mol. The van der Waals surface area contributed by atoms with Crippen molar-refractivity contribution in [2.45, 2.75) is 37.8 Å². The summed E-state index contributed by atoms with van der Waals surface area (Å²) in [6.45, 7) is 0. The number of pyridine rings is 1. The third-order valence-corrected chi connectivity index (χ3v) is 5.10. The van der Waals surface area contributed by atoms with Crippen LogP contribution < -0.4 is 22.0 Å². The molecule has 4 rings (SSSR count). The second-order valence-corrected chi connectivity index (χ2v) is 6.89. The summed E-state index contributed by atoms with van der Waals surface area (Å²) in [6, 6.07) is 5.37. The van der Waals surface area contributed by atoms with Crippen LogP contribution in [-0.2, 0) is 0 Å². The number of hydrogen-bond acceptors (Lipinski definition) is 6. The first-order chi connectivity index (χ1) is 12.1. The van der Waals surface area contributed by atoms with Crippen molar-refractivity contribution in [2.75, 3.05) is 10.7 Å². The number of nitrogens with zero attached hydrogens (tertiary/aromatic N) is 2. The van der Waals surface area contributed by atoms with E-state index in [1.807, 2.05) is 6.07 Å². The van der Waals surface area contributed by atoms with Crippen molar-refractivity contribution in [1.29, 1.82) is 5.26 Å². The van der Waals surface area contributed by atoms with Crippen LogP contribution in [0.3, 0.4) is 0 Å². The van der Waals surface area contributed by atoms with E-state index in [1.165, 1.54) is 17.4 Å². The molecule has 2 aliphatic rings. The molecule has 1 saturated carbocycles. The Bertz CT molecular complexity index is 949. The molecule has 25 heavy (non-hydrogen) atoms. The zero-order chi connectivity index (χ0) is 17.6. The Morgan fingerprint density at radius 1 is 1.40 bits per heavy atom. The van der Waals surface area contributed by atoms with E-state index in [2.05, 4.69) is 10.7 Å². The van der Waals surface area contributed by atoms with Gasteiger partial charge in [0.2, 0.25) is 0 Å². The SMILES string of the molecule is N#Cc1c(-c2ccco2)c(C(N)=S)c2n(c1=O)NC1(CCCCC1)N2. The molecular formula is C17H17N5O2S. The fourth-order valence-electron chi connectivity index (χ4n) is 3.77. The average Bonchev–Trinajstić information content (AvgIpc) is 3.23. The largest absolute Gasteiger partial charge is 0.464 e. The highest BCUT2D eigenvalue weighted by Gasteiger charge is 2.41. The molecule has 128 valence electrons. The van der Waals surface area contributed by atoms with Gasteiger partial charge >= 0.3 is 0 Å². The first-order valence-corrected chi connectivity index (χ1v) is 8.60. The van der Waals surface area contributed by atoms with Crippen LogP contribution in [0.15, 0.2) is 27.6 Å². The Kier molecular flexibility index (Phi) is 3.54. The molecule has 0 radical (unpaired) electrons. The van der Waals surface area contributed by atoms with Gasteiger partial charge in [-0.1, -0.05) is 18.6 Å². The summed E-state index contributed by atoms with van der Waals surface area (Å²) in [7, 11) is 0. The van der Waals surface area contributed by atoms with Gasteiger partial charge in [-0.25, -0.2) is 4.68 Å². The normalized spacial score (nSPS) is 17.4. The summed E-state index contributed by atoms with van der Waals surface area (Å²) >= 11 is 5.25. The van der Waals surface area contributed by atoms with Crippen LogP contribution in [0.5, 0.6) is 0 Å². The summed E-state index contributed by atoms with van der Waals surface area (Å²) in [5.74, 6) is 0.899. The number of hydrogen-bond donors (Lipinski definition) is 3. The second kappa shape index (κ2) is 5.63. The number of nitrogens with one attached hydrogen (secondary N) is 2. The molecule has 4 N–H and O–H groups in total. The van der Waals surface area contributed by atoms with Gasteiger partial charge < -0.3 is 15.5 Å². The number of thiocarbonyl (C=S) groups is 1. The molecule has 1 aliphatic carbocycles. The lowest BCUT2D eigenvalue weighted by molar-refractivity contribution is 0.353. The van der Waals surface area contributed by atoms with Gasteiger partial charge in [0, 0.05) is 0 Å². The van der Waals surface area contributed by atoms with E-state index in [0.717, 1.165) is 25.7 Å². The molecule has 1 aliphatic heterocycles. The number of furan rings is 1. The maximum Gasteiger partial charge on any atom is 0.289 e. The predicted octanol–water partition coefficient (Wildman–Crippen LogP) is 2.24. The lowest BCUT2D eigenvalue weighted by atomic mass is 9.89. The quantitative estimate of drug-likeness (QED) is 0.709. The van der Waals surface area contributed by atoms with Crippen LogP contribution in [0, 0.1) is 11.3 Å². The molecule has 2 aromatic rings. The standard InChI is InChI=1S/C17H17N5O2S/c18-9-10-12(11-5-4-8-24-11)13(14(19)25)15-20-17(6-2-1-3-7-17)21-22(15)16(10)23/h4-5,8,20-21H,1-3,6-7H2,(H2,19,25). The van der Waals surface area contributed by atoms with Crippen molar-refractivity contribution in [3.8, 4) is 17.4 Å². The number of nitriles is 1. The van der Waals surface area contributed by atoms with Gasteiger partial charge in [0.25, 0.3) is 5.56 Å². The number of fused-ring (bicyclic) bond motifs is 1. The van der Waals surface area contributed by atoms with E-state index in [4.69, 9.17) is 22.4 Å². The molecule has 2 aromatic heterocycles. The van der Waals surface area contributed by atoms with Gasteiger partial charge in [0.05, 0.1) is 17.4 Å². The van der Waals surface area contributed by atoms with Crippen molar-refractivity contribution < 1.29 is 4.42 Å². The number of anilines is 1. The lowest BCUT2D eigenvalue weighted by Crippen LogP contribution is -2.46. The van der Waals surface area contributed by atoms with Crippen molar-refractivity contribution >= 4 is 23.0 Å². The lowest BCUT2D eigenvalue weighted by Gasteiger charge is -2.33. The van der Waals surface area contributed by atoms with Crippen molar-refractivity contribution in [1.82, 2.24) is 4.68 Å². The Labute approximate surface area is 149 Å². The third kappa shape index (κ3) is 2.31. The molecule has 0 unspecified atom stereocenters. The fraction of sp³-hybridized carbons (Fsp3) is 0.353. The molecule has 0 atom stereocenters. The molecule has 1 fully saturated rings. The second-order valence-electron chi connectivity index (χ2n) is 6.45. The summed E-state index contributed by atoms with van der Waals surface area (Å²) in [6.07, 6.45) is 6.52. The highest BCUT2D eigenvalue weighted by Crippen LogP contribution is 2.39. The minimum absolute atomic E-state index is 0.0383. The van der Waals surface area contributed by atoms with Gasteiger partial charge in [-0.05, 0) is 37.8 Å². The summed E-state index contributed by atoms with van der Waals surface area (Å²) in [4.78, 5) is 13.0. The van der Waals surface area contributed by atoms with Gasteiger partial charge in [0.1, 0.15) is 33.9 Å². The van der Waals surface area contributed by atoms with E-state index in [9.17, 15) is 10.1 Å². The van der Waals surface area contributed by atoms with Gasteiger partial charge in [-0.2, -0.15) is 5.26 Å². The van der Waals surface area contributed by atoms with Gasteiger partial charge in [0.15, 0.2) is 0 Å². The highest BCUT2D eigenvalue weighted by molar-refractivity contribution is 7.80. The Morgan fingerprint density at radius 2 is 2.16 bits per heavy atom. The maximum atomic E-state index is 12.9. The Balaban J connectivity index is 2.00. The maximum absolute atomic E-state index is 12.9. The van der Waals surface area contributed by atoms with E-state index >= 15 is 0 Å². The molecule has 7 nitrogen and oxygen atoms in total. The van der Waals surface area contributed by atoms with Crippen molar-refractivity contribution in [2.24, 2.45) is 5.73 Å². The molecule has 0 aromatic carbocycles. The molecule has 0 bridgehead atoms. The van der Waals surface area contributed by atoms with Crippen LogP contribution in [0.25, 0.3) is 11.3 Å². The van der Waals surface area contributed by atoms with E-state index in [0.29, 0.717) is 22.7 Å². The number of rotatable bonds is 2. The molecule has 1 spiro atoms. The molecule has 3 heterocycles. The van der Waals surface area contributed by atoms with Crippen molar-refractivity contribution in [3.05, 3.63) is 39.9 Å². The third-order valence-electron chi connectivity index (χ3n) is 4.89. The molecular weight excluding hydrogens is 338 g/mol.